The summed E-state index contributed by atoms with van der Waals surface area (Å²) in [7, 11) is 0. The van der Waals surface area contributed by atoms with Gasteiger partial charge in [-0.2, -0.15) is 0 Å². The Morgan fingerprint density at radius 1 is 0.640 bits per heavy atom. The zero-order valence-electron chi connectivity index (χ0n) is 27.9. The summed E-state index contributed by atoms with van der Waals surface area (Å²) in [4.78, 5) is 23.4. The third kappa shape index (κ3) is 6.84. The first-order valence-electron chi connectivity index (χ1n) is 16.5. The number of amidine groups is 2. The molecule has 5 nitrogen and oxygen atoms in total. The van der Waals surface area contributed by atoms with Crippen LogP contribution in [-0.2, 0) is 6.54 Å². The fourth-order valence-corrected chi connectivity index (χ4v) is 6.13. The maximum absolute atomic E-state index is 4.97. The summed E-state index contributed by atoms with van der Waals surface area (Å²) < 4.78 is 0. The maximum Gasteiger partial charge on any atom is 0.161 e. The maximum atomic E-state index is 4.97. The Morgan fingerprint density at radius 3 is 1.96 bits per heavy atom. The second-order valence-corrected chi connectivity index (χ2v) is 11.9. The summed E-state index contributed by atoms with van der Waals surface area (Å²) in [5.74, 6) is 1.14. The minimum atomic E-state index is 0.456. The molecular formula is C45H35N5. The highest BCUT2D eigenvalue weighted by Crippen LogP contribution is 2.32. The molecule has 0 saturated carbocycles. The van der Waals surface area contributed by atoms with Gasteiger partial charge in [-0.05, 0) is 64.6 Å². The molecule has 0 N–H and O–H groups in total. The molecule has 0 unspecified atom stereocenters. The summed E-state index contributed by atoms with van der Waals surface area (Å²) in [6, 6.07) is 45.1. The number of benzene rings is 6. The van der Waals surface area contributed by atoms with Crippen LogP contribution in [0.4, 0.5) is 0 Å². The Bertz CT molecular complexity index is 2440. The van der Waals surface area contributed by atoms with Gasteiger partial charge in [0.05, 0.1) is 17.6 Å². The number of rotatable bonds is 8. The van der Waals surface area contributed by atoms with Crippen molar-refractivity contribution in [3.05, 3.63) is 192 Å². The van der Waals surface area contributed by atoms with Crippen LogP contribution in [0.3, 0.4) is 0 Å². The lowest BCUT2D eigenvalue weighted by Gasteiger charge is -2.11. The Kier molecular flexibility index (Phi) is 9.38. The van der Waals surface area contributed by atoms with E-state index in [-0.39, 0.29) is 0 Å². The molecular weight excluding hydrogens is 611 g/mol. The van der Waals surface area contributed by atoms with E-state index >= 15 is 0 Å². The van der Waals surface area contributed by atoms with Gasteiger partial charge in [0.2, 0.25) is 0 Å². The predicted molar refractivity (Wildman–Crippen MR) is 211 cm³/mol. The Balaban J connectivity index is 1.16. The van der Waals surface area contributed by atoms with Crippen molar-refractivity contribution in [1.29, 1.82) is 0 Å². The Labute approximate surface area is 292 Å². The number of hydrogen-bond acceptors (Lipinski definition) is 3. The van der Waals surface area contributed by atoms with E-state index in [0.29, 0.717) is 18.2 Å². The van der Waals surface area contributed by atoms with Crippen LogP contribution in [0, 0.1) is 6.92 Å². The van der Waals surface area contributed by atoms with Crippen molar-refractivity contribution in [3.8, 4) is 11.1 Å². The highest BCUT2D eigenvalue weighted by atomic mass is 15.0. The summed E-state index contributed by atoms with van der Waals surface area (Å²) >= 11 is 0. The molecule has 0 aliphatic heterocycles. The molecule has 0 atom stereocenters. The molecule has 0 amide bonds. The predicted octanol–water partition coefficient (Wildman–Crippen LogP) is 10.6. The topological polar surface area (TPSA) is 62.9 Å². The van der Waals surface area contributed by atoms with Crippen LogP contribution < -0.4 is 0 Å². The lowest BCUT2D eigenvalue weighted by atomic mass is 9.95. The van der Waals surface area contributed by atoms with Gasteiger partial charge in [0.1, 0.15) is 0 Å². The zero-order chi connectivity index (χ0) is 34.3. The van der Waals surface area contributed by atoms with Crippen molar-refractivity contribution < 1.29 is 0 Å². The van der Waals surface area contributed by atoms with Gasteiger partial charge >= 0.3 is 0 Å². The molecule has 0 radical (unpaired) electrons. The van der Waals surface area contributed by atoms with Gasteiger partial charge < -0.3 is 0 Å². The fraction of sp³-hybridized carbons (Fsp3) is 0.0444. The Hall–Kier alpha value is -6.59. The number of nitrogens with zero attached hydrogens (tertiary/aromatic N) is 5. The molecule has 0 saturated heterocycles. The molecule has 0 bridgehead atoms. The van der Waals surface area contributed by atoms with Crippen LogP contribution in [0.25, 0.3) is 44.6 Å². The molecule has 0 fully saturated rings. The van der Waals surface area contributed by atoms with Gasteiger partial charge in [0.15, 0.2) is 11.7 Å². The normalized spacial score (nSPS) is 12.1. The van der Waals surface area contributed by atoms with Crippen molar-refractivity contribution in [2.24, 2.45) is 15.0 Å². The van der Waals surface area contributed by atoms with E-state index in [9.17, 15) is 0 Å². The number of aryl methyl sites for hydroxylation is 1. The van der Waals surface area contributed by atoms with Crippen LogP contribution in [-0.4, -0.2) is 28.4 Å². The summed E-state index contributed by atoms with van der Waals surface area (Å²) in [6.07, 6.45) is 7.69. The minimum absolute atomic E-state index is 0.456. The molecule has 6 aromatic carbocycles. The highest BCUT2D eigenvalue weighted by molar-refractivity contribution is 6.13. The smallest absolute Gasteiger partial charge is 0.161 e. The second kappa shape index (κ2) is 14.7. The molecule has 240 valence electrons. The number of fused-ring (bicyclic) bond motifs is 3. The second-order valence-electron chi connectivity index (χ2n) is 11.9. The van der Waals surface area contributed by atoms with Gasteiger partial charge in [-0.25, -0.2) is 9.98 Å². The number of aliphatic imine (C=N–C) groups is 3. The average Bonchev–Trinajstić information content (AvgIpc) is 3.19. The molecule has 7 aromatic rings. The minimum Gasteiger partial charge on any atom is -0.261 e. The van der Waals surface area contributed by atoms with Crippen molar-refractivity contribution in [2.75, 3.05) is 0 Å². The van der Waals surface area contributed by atoms with Crippen molar-refractivity contribution in [3.63, 3.8) is 0 Å². The first-order chi connectivity index (χ1) is 24.6. The third-order valence-corrected chi connectivity index (χ3v) is 8.73. The molecule has 1 aromatic heterocycles. The molecule has 0 aliphatic carbocycles. The third-order valence-electron chi connectivity index (χ3n) is 8.73. The van der Waals surface area contributed by atoms with Crippen molar-refractivity contribution in [2.45, 2.75) is 13.5 Å². The largest absolute Gasteiger partial charge is 0.261 e. The van der Waals surface area contributed by atoms with Crippen LogP contribution >= 0.6 is 0 Å². The van der Waals surface area contributed by atoms with E-state index < -0.39 is 0 Å². The first-order valence-corrected chi connectivity index (χ1v) is 16.5. The SMILES string of the molecule is C=NC(=NC(=NCc1cccc(-c2cccc(C(=C)/C=C\c3c(C)c4ccccc4c4nccnc34)c2)c1)c1ccccc1)c1ccccc1. The van der Waals surface area contributed by atoms with E-state index in [1.165, 1.54) is 10.9 Å². The lowest BCUT2D eigenvalue weighted by molar-refractivity contribution is 1.06. The van der Waals surface area contributed by atoms with Gasteiger partial charge in [-0.1, -0.05) is 140 Å². The number of allylic oxidation sites excluding steroid dienone is 2. The standard InChI is InChI=1S/C45H35N5/c1-31(24-25-40-32(2)39-22-10-11-23-41(39)43-42(40)47-26-27-48-43)36-19-13-21-38(29-36)37-20-12-14-33(28-37)30-49-45(35-17-8-5-9-18-35)50-44(46-3)34-15-6-4-7-16-34/h4-29H,1,3,30H2,2H3/b25-24-,49-45?,50-44?. The van der Waals surface area contributed by atoms with Crippen LogP contribution in [0.15, 0.2) is 173 Å². The van der Waals surface area contributed by atoms with Crippen LogP contribution in [0.5, 0.6) is 0 Å². The molecule has 0 spiro atoms. The first kappa shape index (κ1) is 32.0. The molecule has 7 rings (SSSR count). The van der Waals surface area contributed by atoms with Crippen molar-refractivity contribution >= 4 is 51.8 Å². The van der Waals surface area contributed by atoms with Crippen molar-refractivity contribution in [1.82, 2.24) is 9.97 Å². The zero-order valence-corrected chi connectivity index (χ0v) is 27.9. The Morgan fingerprint density at radius 2 is 1.24 bits per heavy atom. The number of aromatic nitrogens is 2. The van der Waals surface area contributed by atoms with Crippen LogP contribution in [0.1, 0.15) is 33.4 Å². The number of hydrogen-bond donors (Lipinski definition) is 0. The monoisotopic (exact) mass is 645 g/mol. The average molecular weight is 646 g/mol. The summed E-state index contributed by atoms with van der Waals surface area (Å²) in [5.41, 5.74) is 11.0. The van der Waals surface area contributed by atoms with E-state index in [4.69, 9.17) is 15.0 Å². The van der Waals surface area contributed by atoms with Gasteiger partial charge in [0.25, 0.3) is 0 Å². The fourth-order valence-electron chi connectivity index (χ4n) is 6.13. The summed E-state index contributed by atoms with van der Waals surface area (Å²) in [6.45, 7) is 10.8. The summed E-state index contributed by atoms with van der Waals surface area (Å²) in [5, 5.41) is 2.29. The quantitative estimate of drug-likeness (QED) is 0.0714. The molecule has 1 heterocycles. The lowest BCUT2D eigenvalue weighted by Crippen LogP contribution is -2.05. The van der Waals surface area contributed by atoms with E-state index in [1.807, 2.05) is 66.7 Å². The van der Waals surface area contributed by atoms with E-state index in [0.717, 1.165) is 60.9 Å². The molecule has 0 aliphatic rings. The van der Waals surface area contributed by atoms with Crippen LogP contribution in [0.2, 0.25) is 0 Å². The van der Waals surface area contributed by atoms with E-state index in [2.05, 4.69) is 109 Å². The van der Waals surface area contributed by atoms with E-state index in [1.54, 1.807) is 12.4 Å². The highest BCUT2D eigenvalue weighted by Gasteiger charge is 2.12. The molecule has 50 heavy (non-hydrogen) atoms. The van der Waals surface area contributed by atoms with Gasteiger partial charge in [0, 0.05) is 34.5 Å². The molecule has 5 heteroatoms. The van der Waals surface area contributed by atoms with Gasteiger partial charge in [-0.15, -0.1) is 0 Å². The van der Waals surface area contributed by atoms with Gasteiger partial charge in [-0.3, -0.25) is 15.0 Å².